The SMILES string of the molecule is COc1cc(C)ccc1OCC(=O)NC(C)c1ccc(C#N)cc1. The highest BCUT2D eigenvalue weighted by atomic mass is 16.5. The molecule has 1 unspecified atom stereocenters. The van der Waals surface area contributed by atoms with E-state index in [4.69, 9.17) is 14.7 Å². The quantitative estimate of drug-likeness (QED) is 0.886. The number of nitriles is 1. The van der Waals surface area contributed by atoms with Gasteiger partial charge in [-0.1, -0.05) is 18.2 Å². The highest BCUT2D eigenvalue weighted by Gasteiger charge is 2.12. The van der Waals surface area contributed by atoms with Crippen LogP contribution in [0.5, 0.6) is 11.5 Å². The van der Waals surface area contributed by atoms with Gasteiger partial charge in [-0.05, 0) is 49.2 Å². The number of benzene rings is 2. The molecule has 1 atom stereocenters. The molecule has 0 radical (unpaired) electrons. The molecule has 0 fully saturated rings. The molecule has 1 N–H and O–H groups in total. The van der Waals surface area contributed by atoms with E-state index in [2.05, 4.69) is 11.4 Å². The Morgan fingerprint density at radius 2 is 1.92 bits per heavy atom. The number of carbonyl (C=O) groups is 1. The van der Waals surface area contributed by atoms with Gasteiger partial charge in [0.25, 0.3) is 5.91 Å². The number of amides is 1. The van der Waals surface area contributed by atoms with Gasteiger partial charge in [-0.2, -0.15) is 5.26 Å². The largest absolute Gasteiger partial charge is 0.493 e. The van der Waals surface area contributed by atoms with Crippen molar-refractivity contribution in [3.05, 3.63) is 59.2 Å². The van der Waals surface area contributed by atoms with Crippen molar-refractivity contribution in [2.24, 2.45) is 0 Å². The third kappa shape index (κ3) is 4.50. The van der Waals surface area contributed by atoms with Gasteiger partial charge in [0.1, 0.15) is 0 Å². The molecule has 124 valence electrons. The Bertz CT molecular complexity index is 748. The van der Waals surface area contributed by atoms with Crippen LogP contribution in [0.3, 0.4) is 0 Å². The normalized spacial score (nSPS) is 11.2. The fraction of sp³-hybridized carbons (Fsp3) is 0.263. The van der Waals surface area contributed by atoms with Crippen molar-refractivity contribution in [1.82, 2.24) is 5.32 Å². The van der Waals surface area contributed by atoms with E-state index >= 15 is 0 Å². The highest BCUT2D eigenvalue weighted by Crippen LogP contribution is 2.27. The van der Waals surface area contributed by atoms with Crippen LogP contribution in [0, 0.1) is 18.3 Å². The van der Waals surface area contributed by atoms with Crippen LogP contribution in [0.25, 0.3) is 0 Å². The van der Waals surface area contributed by atoms with Crippen LogP contribution in [-0.4, -0.2) is 19.6 Å². The first-order valence-corrected chi connectivity index (χ1v) is 7.60. The van der Waals surface area contributed by atoms with E-state index in [1.165, 1.54) is 0 Å². The maximum Gasteiger partial charge on any atom is 0.258 e. The molecule has 5 heteroatoms. The van der Waals surface area contributed by atoms with Gasteiger partial charge in [0, 0.05) is 0 Å². The van der Waals surface area contributed by atoms with E-state index in [0.29, 0.717) is 17.1 Å². The van der Waals surface area contributed by atoms with Gasteiger partial charge in [-0.15, -0.1) is 0 Å². The summed E-state index contributed by atoms with van der Waals surface area (Å²) >= 11 is 0. The van der Waals surface area contributed by atoms with Gasteiger partial charge in [0.15, 0.2) is 18.1 Å². The number of ether oxygens (including phenoxy) is 2. The predicted octanol–water partition coefficient (Wildman–Crippen LogP) is 3.13. The van der Waals surface area contributed by atoms with Crippen molar-refractivity contribution >= 4 is 5.91 Å². The maximum atomic E-state index is 12.1. The molecule has 0 heterocycles. The third-order valence-corrected chi connectivity index (χ3v) is 3.60. The van der Waals surface area contributed by atoms with E-state index in [1.54, 1.807) is 25.3 Å². The van der Waals surface area contributed by atoms with Gasteiger partial charge in [0.2, 0.25) is 0 Å². The summed E-state index contributed by atoms with van der Waals surface area (Å²) in [5, 5.41) is 11.7. The van der Waals surface area contributed by atoms with Gasteiger partial charge in [-0.25, -0.2) is 0 Å². The number of carbonyl (C=O) groups excluding carboxylic acids is 1. The van der Waals surface area contributed by atoms with Gasteiger partial charge < -0.3 is 14.8 Å². The van der Waals surface area contributed by atoms with Crippen LogP contribution in [0.1, 0.15) is 29.7 Å². The standard InChI is InChI=1S/C19H20N2O3/c1-13-4-9-17(18(10-13)23-3)24-12-19(22)21-14(2)16-7-5-15(11-20)6-8-16/h4-10,14H,12H2,1-3H3,(H,21,22). The number of aryl methyl sites for hydroxylation is 1. The third-order valence-electron chi connectivity index (χ3n) is 3.60. The summed E-state index contributed by atoms with van der Waals surface area (Å²) in [6, 6.07) is 14.5. The molecule has 0 aliphatic carbocycles. The topological polar surface area (TPSA) is 71.3 Å². The number of rotatable bonds is 6. The van der Waals surface area contributed by atoms with Gasteiger partial charge in [-0.3, -0.25) is 4.79 Å². The van der Waals surface area contributed by atoms with Gasteiger partial charge >= 0.3 is 0 Å². The van der Waals surface area contributed by atoms with E-state index in [1.807, 2.05) is 38.1 Å². The zero-order chi connectivity index (χ0) is 17.5. The van der Waals surface area contributed by atoms with Crippen molar-refractivity contribution in [3.63, 3.8) is 0 Å². The molecule has 0 aliphatic heterocycles. The minimum absolute atomic E-state index is 0.0972. The predicted molar refractivity (Wildman–Crippen MR) is 90.9 cm³/mol. The molecular formula is C19H20N2O3. The van der Waals surface area contributed by atoms with Crippen LogP contribution in [0.4, 0.5) is 0 Å². The zero-order valence-electron chi connectivity index (χ0n) is 14.0. The van der Waals surface area contributed by atoms with E-state index in [0.717, 1.165) is 11.1 Å². The summed E-state index contributed by atoms with van der Waals surface area (Å²) in [6.07, 6.45) is 0. The summed E-state index contributed by atoms with van der Waals surface area (Å²) < 4.78 is 10.8. The molecular weight excluding hydrogens is 304 g/mol. The molecule has 2 aromatic rings. The van der Waals surface area contributed by atoms with Crippen molar-refractivity contribution in [2.45, 2.75) is 19.9 Å². The average molecular weight is 324 g/mol. The molecule has 2 rings (SSSR count). The zero-order valence-corrected chi connectivity index (χ0v) is 14.0. The number of nitrogens with one attached hydrogen (secondary N) is 1. The molecule has 0 spiro atoms. The smallest absolute Gasteiger partial charge is 0.258 e. The highest BCUT2D eigenvalue weighted by molar-refractivity contribution is 5.78. The average Bonchev–Trinajstić information content (AvgIpc) is 2.60. The lowest BCUT2D eigenvalue weighted by atomic mass is 10.1. The Balaban J connectivity index is 1.92. The molecule has 1 amide bonds. The molecule has 24 heavy (non-hydrogen) atoms. The molecule has 5 nitrogen and oxygen atoms in total. The van der Waals surface area contributed by atoms with Crippen molar-refractivity contribution in [1.29, 1.82) is 5.26 Å². The molecule has 0 aromatic heterocycles. The van der Waals surface area contributed by atoms with Crippen molar-refractivity contribution < 1.29 is 14.3 Å². The molecule has 2 aromatic carbocycles. The van der Waals surface area contributed by atoms with Crippen LogP contribution < -0.4 is 14.8 Å². The fourth-order valence-electron chi connectivity index (χ4n) is 2.25. The maximum absolute atomic E-state index is 12.1. The number of nitrogens with zero attached hydrogens (tertiary/aromatic N) is 1. The Hall–Kier alpha value is -3.00. The Morgan fingerprint density at radius 1 is 1.21 bits per heavy atom. The lowest BCUT2D eigenvalue weighted by Gasteiger charge is -2.15. The number of methoxy groups -OCH3 is 1. The summed E-state index contributed by atoms with van der Waals surface area (Å²) in [7, 11) is 1.56. The van der Waals surface area contributed by atoms with E-state index in [9.17, 15) is 4.79 Å². The van der Waals surface area contributed by atoms with Crippen LogP contribution in [0.2, 0.25) is 0 Å². The molecule has 0 saturated heterocycles. The Labute approximate surface area is 141 Å². The second-order valence-electron chi connectivity index (χ2n) is 5.47. The first-order chi connectivity index (χ1) is 11.5. The van der Waals surface area contributed by atoms with Crippen LogP contribution >= 0.6 is 0 Å². The number of hydrogen-bond acceptors (Lipinski definition) is 4. The summed E-state index contributed by atoms with van der Waals surface area (Å²) in [5.74, 6) is 0.904. The minimum atomic E-state index is -0.227. The van der Waals surface area contributed by atoms with Crippen molar-refractivity contribution in [3.8, 4) is 17.6 Å². The Morgan fingerprint density at radius 3 is 2.54 bits per heavy atom. The second-order valence-corrected chi connectivity index (χ2v) is 5.47. The second kappa shape index (κ2) is 8.02. The van der Waals surface area contributed by atoms with Gasteiger partial charge in [0.05, 0.1) is 24.8 Å². The first-order valence-electron chi connectivity index (χ1n) is 7.60. The van der Waals surface area contributed by atoms with E-state index in [-0.39, 0.29) is 18.6 Å². The summed E-state index contributed by atoms with van der Waals surface area (Å²) in [4.78, 5) is 12.1. The van der Waals surface area contributed by atoms with Crippen molar-refractivity contribution in [2.75, 3.05) is 13.7 Å². The lowest BCUT2D eigenvalue weighted by Crippen LogP contribution is -2.31. The lowest BCUT2D eigenvalue weighted by molar-refractivity contribution is -0.123. The van der Waals surface area contributed by atoms with Crippen LogP contribution in [0.15, 0.2) is 42.5 Å². The number of hydrogen-bond donors (Lipinski definition) is 1. The van der Waals surface area contributed by atoms with Crippen LogP contribution in [-0.2, 0) is 4.79 Å². The van der Waals surface area contributed by atoms with E-state index < -0.39 is 0 Å². The first kappa shape index (κ1) is 17.4. The monoisotopic (exact) mass is 324 g/mol. The molecule has 0 bridgehead atoms. The Kier molecular flexibility index (Phi) is 5.80. The fourth-order valence-corrected chi connectivity index (χ4v) is 2.25. The summed E-state index contributed by atoms with van der Waals surface area (Å²) in [5.41, 5.74) is 2.57. The molecule has 0 aliphatic rings. The molecule has 0 saturated carbocycles. The minimum Gasteiger partial charge on any atom is -0.493 e. The summed E-state index contributed by atoms with van der Waals surface area (Å²) in [6.45, 7) is 3.74.